The molecule has 0 saturated carbocycles. The third kappa shape index (κ3) is 4.88. The van der Waals surface area contributed by atoms with Gasteiger partial charge < -0.3 is 10.6 Å². The van der Waals surface area contributed by atoms with Gasteiger partial charge in [0.2, 0.25) is 5.91 Å². The van der Waals surface area contributed by atoms with Gasteiger partial charge in [-0.25, -0.2) is 0 Å². The van der Waals surface area contributed by atoms with E-state index in [0.717, 1.165) is 24.5 Å². The summed E-state index contributed by atoms with van der Waals surface area (Å²) in [4.78, 5) is 17.8. The Hall–Kier alpha value is -0.750. The molecule has 1 aromatic rings. The summed E-state index contributed by atoms with van der Waals surface area (Å²) in [5.74, 6) is 1.12. The van der Waals surface area contributed by atoms with Crippen LogP contribution < -0.4 is 10.6 Å². The maximum absolute atomic E-state index is 12.6. The molecule has 0 atom stereocenters. The van der Waals surface area contributed by atoms with Crippen LogP contribution >= 0.6 is 24.2 Å². The van der Waals surface area contributed by atoms with Crippen molar-refractivity contribution in [2.24, 2.45) is 11.1 Å². The van der Waals surface area contributed by atoms with Gasteiger partial charge >= 0.3 is 0 Å². The Labute approximate surface area is 143 Å². The van der Waals surface area contributed by atoms with Crippen LogP contribution in [0.4, 0.5) is 5.69 Å². The lowest BCUT2D eigenvalue weighted by Crippen LogP contribution is -2.45. The van der Waals surface area contributed by atoms with Crippen molar-refractivity contribution in [2.75, 3.05) is 43.9 Å². The Morgan fingerprint density at radius 2 is 2.09 bits per heavy atom. The second kappa shape index (κ2) is 8.20. The summed E-state index contributed by atoms with van der Waals surface area (Å²) in [6, 6.07) is 8.13. The zero-order valence-corrected chi connectivity index (χ0v) is 15.2. The number of thioether (sulfide) groups is 1. The van der Waals surface area contributed by atoms with Crippen LogP contribution in [0, 0.1) is 5.41 Å². The van der Waals surface area contributed by atoms with Crippen molar-refractivity contribution in [2.45, 2.75) is 18.7 Å². The molecule has 4 nitrogen and oxygen atoms in total. The summed E-state index contributed by atoms with van der Waals surface area (Å²) in [7, 11) is 1.99. The van der Waals surface area contributed by atoms with E-state index in [4.69, 9.17) is 5.73 Å². The Balaban J connectivity index is 0.00000242. The molecule has 1 aliphatic heterocycles. The van der Waals surface area contributed by atoms with Crippen LogP contribution in [0.2, 0.25) is 0 Å². The lowest BCUT2D eigenvalue weighted by Gasteiger charge is -2.32. The summed E-state index contributed by atoms with van der Waals surface area (Å²) in [6.45, 7) is 6.91. The molecule has 2 N–H and O–H groups in total. The van der Waals surface area contributed by atoms with E-state index in [0.29, 0.717) is 13.1 Å². The van der Waals surface area contributed by atoms with Gasteiger partial charge in [-0.2, -0.15) is 0 Å². The molecule has 0 unspecified atom stereocenters. The molecule has 0 bridgehead atoms. The van der Waals surface area contributed by atoms with Gasteiger partial charge in [-0.15, -0.1) is 24.2 Å². The van der Waals surface area contributed by atoms with Crippen LogP contribution in [-0.4, -0.2) is 49.8 Å². The number of benzene rings is 1. The van der Waals surface area contributed by atoms with Gasteiger partial charge in [0.1, 0.15) is 0 Å². The fourth-order valence-electron chi connectivity index (χ4n) is 2.60. The smallest absolute Gasteiger partial charge is 0.241 e. The first kappa shape index (κ1) is 19.3. The molecule has 1 aliphatic rings. The fourth-order valence-corrected chi connectivity index (χ4v) is 3.59. The molecular formula is C16H26ClN3OS. The van der Waals surface area contributed by atoms with Crippen molar-refractivity contribution in [3.05, 3.63) is 24.3 Å². The largest absolute Gasteiger partial charge is 0.330 e. The number of anilines is 1. The minimum Gasteiger partial charge on any atom is -0.330 e. The first-order valence-electron chi connectivity index (χ1n) is 7.34. The summed E-state index contributed by atoms with van der Waals surface area (Å²) in [5.41, 5.74) is 6.85. The van der Waals surface area contributed by atoms with Crippen LogP contribution in [0.3, 0.4) is 0 Å². The summed E-state index contributed by atoms with van der Waals surface area (Å²) in [6.07, 6.45) is 0. The number of carbonyl (C=O) groups excluding carboxylic acids is 1. The standard InChI is InChI=1S/C16H25N3OS.ClH/c1-16(2,11-17)12-18(3)10-15(20)19-8-9-21-14-7-5-4-6-13(14)19;/h4-7H,8-12,17H2,1-3H3;1H. The Kier molecular flexibility index (Phi) is 7.19. The van der Waals surface area contributed by atoms with Crippen LogP contribution in [0.15, 0.2) is 29.2 Å². The Bertz CT molecular complexity index is 510. The molecule has 0 saturated heterocycles. The minimum absolute atomic E-state index is 0. The van der Waals surface area contributed by atoms with Crippen LogP contribution in [0.1, 0.15) is 13.8 Å². The third-order valence-corrected chi connectivity index (χ3v) is 4.73. The van der Waals surface area contributed by atoms with E-state index in [9.17, 15) is 4.79 Å². The first-order chi connectivity index (χ1) is 9.93. The summed E-state index contributed by atoms with van der Waals surface area (Å²) >= 11 is 1.82. The van der Waals surface area contributed by atoms with Gasteiger partial charge in [0.15, 0.2) is 0 Å². The van der Waals surface area contributed by atoms with Crippen molar-refractivity contribution in [1.29, 1.82) is 0 Å². The highest BCUT2D eigenvalue weighted by Gasteiger charge is 2.25. The second-order valence-corrected chi connectivity index (χ2v) is 7.54. The first-order valence-corrected chi connectivity index (χ1v) is 8.32. The van der Waals surface area contributed by atoms with Crippen molar-refractivity contribution in [3.63, 3.8) is 0 Å². The Morgan fingerprint density at radius 3 is 2.77 bits per heavy atom. The lowest BCUT2D eigenvalue weighted by atomic mass is 9.93. The van der Waals surface area contributed by atoms with Crippen molar-refractivity contribution in [3.8, 4) is 0 Å². The second-order valence-electron chi connectivity index (χ2n) is 6.40. The summed E-state index contributed by atoms with van der Waals surface area (Å²) in [5, 5.41) is 0. The fraction of sp³-hybridized carbons (Fsp3) is 0.562. The number of fused-ring (bicyclic) bond motifs is 1. The minimum atomic E-state index is 0. The van der Waals surface area contributed by atoms with Crippen LogP contribution in [-0.2, 0) is 4.79 Å². The van der Waals surface area contributed by atoms with Gasteiger partial charge in [0, 0.05) is 23.7 Å². The predicted molar refractivity (Wildman–Crippen MR) is 97.1 cm³/mol. The third-order valence-electron chi connectivity index (χ3n) is 3.69. The zero-order chi connectivity index (χ0) is 15.5. The average Bonchev–Trinajstić information content (AvgIpc) is 2.46. The van der Waals surface area contributed by atoms with Gasteiger partial charge in [0.25, 0.3) is 0 Å². The molecule has 2 rings (SSSR count). The van der Waals surface area contributed by atoms with E-state index in [1.807, 2.05) is 41.9 Å². The maximum Gasteiger partial charge on any atom is 0.241 e. The molecule has 1 amide bonds. The van der Waals surface area contributed by atoms with Crippen LogP contribution in [0.5, 0.6) is 0 Å². The number of halogens is 1. The number of rotatable bonds is 5. The normalized spacial score (nSPS) is 14.5. The molecule has 1 aromatic carbocycles. The van der Waals surface area contributed by atoms with Crippen molar-refractivity contribution >= 4 is 35.8 Å². The predicted octanol–water partition coefficient (Wildman–Crippen LogP) is 2.46. The molecule has 0 aliphatic carbocycles. The number of nitrogens with zero attached hydrogens (tertiary/aromatic N) is 2. The number of likely N-dealkylation sites (N-methyl/N-ethyl adjacent to an activating group) is 1. The molecule has 1 heterocycles. The molecule has 0 aromatic heterocycles. The highest BCUT2D eigenvalue weighted by atomic mass is 35.5. The molecule has 0 spiro atoms. The molecule has 6 heteroatoms. The topological polar surface area (TPSA) is 49.6 Å². The van der Waals surface area contributed by atoms with Crippen LogP contribution in [0.25, 0.3) is 0 Å². The monoisotopic (exact) mass is 343 g/mol. The zero-order valence-electron chi connectivity index (χ0n) is 13.5. The van der Waals surface area contributed by atoms with Crippen molar-refractivity contribution in [1.82, 2.24) is 4.90 Å². The highest BCUT2D eigenvalue weighted by molar-refractivity contribution is 7.99. The number of para-hydroxylation sites is 1. The molecule has 22 heavy (non-hydrogen) atoms. The molecule has 0 radical (unpaired) electrons. The van der Waals surface area contributed by atoms with Gasteiger partial charge in [0.05, 0.1) is 12.2 Å². The van der Waals surface area contributed by atoms with E-state index in [1.54, 1.807) is 0 Å². The number of carbonyl (C=O) groups is 1. The molecular weight excluding hydrogens is 318 g/mol. The maximum atomic E-state index is 12.6. The molecule has 0 fully saturated rings. The van der Waals surface area contributed by atoms with Crippen molar-refractivity contribution < 1.29 is 4.79 Å². The Morgan fingerprint density at radius 1 is 1.41 bits per heavy atom. The number of amides is 1. The average molecular weight is 344 g/mol. The van der Waals surface area contributed by atoms with E-state index >= 15 is 0 Å². The summed E-state index contributed by atoms with van der Waals surface area (Å²) < 4.78 is 0. The highest BCUT2D eigenvalue weighted by Crippen LogP contribution is 2.34. The number of nitrogens with two attached hydrogens (primary N) is 1. The van der Waals surface area contributed by atoms with Gasteiger partial charge in [-0.05, 0) is 31.1 Å². The van der Waals surface area contributed by atoms with E-state index in [2.05, 4.69) is 24.8 Å². The quantitative estimate of drug-likeness (QED) is 0.892. The van der Waals surface area contributed by atoms with E-state index < -0.39 is 0 Å². The van der Waals surface area contributed by atoms with E-state index in [-0.39, 0.29) is 23.7 Å². The molecule has 124 valence electrons. The van der Waals surface area contributed by atoms with Gasteiger partial charge in [-0.1, -0.05) is 26.0 Å². The number of hydrogen-bond donors (Lipinski definition) is 1. The SMILES string of the molecule is CN(CC(=O)N1CCSc2ccccc21)CC(C)(C)CN.Cl. The van der Waals surface area contributed by atoms with E-state index in [1.165, 1.54) is 4.90 Å². The number of hydrogen-bond acceptors (Lipinski definition) is 4. The lowest BCUT2D eigenvalue weighted by molar-refractivity contribution is -0.119. The van der Waals surface area contributed by atoms with Gasteiger partial charge in [-0.3, -0.25) is 9.69 Å².